The van der Waals surface area contributed by atoms with Crippen molar-refractivity contribution in [3.63, 3.8) is 0 Å². The van der Waals surface area contributed by atoms with Crippen molar-refractivity contribution in [3.8, 4) is 0 Å². The summed E-state index contributed by atoms with van der Waals surface area (Å²) >= 11 is 7.99. The summed E-state index contributed by atoms with van der Waals surface area (Å²) in [6.07, 6.45) is 0. The number of halogens is 2. The van der Waals surface area contributed by atoms with Crippen molar-refractivity contribution in [1.29, 1.82) is 0 Å². The van der Waals surface area contributed by atoms with Gasteiger partial charge in [-0.25, -0.2) is 4.39 Å². The lowest BCUT2D eigenvalue weighted by molar-refractivity contribution is 0.301. The molecule has 1 saturated heterocycles. The van der Waals surface area contributed by atoms with E-state index in [2.05, 4.69) is 10.2 Å². The van der Waals surface area contributed by atoms with Gasteiger partial charge in [-0.05, 0) is 17.7 Å². The molecule has 0 amide bonds. The van der Waals surface area contributed by atoms with Crippen molar-refractivity contribution in [2.75, 3.05) is 37.7 Å². The SMILES string of the molecule is Fc1ccc(CNCCN2CCSCC2)c(Cl)c1. The van der Waals surface area contributed by atoms with Crippen LogP contribution >= 0.6 is 23.4 Å². The number of benzene rings is 1. The fourth-order valence-corrected chi connectivity index (χ4v) is 3.16. The molecule has 18 heavy (non-hydrogen) atoms. The summed E-state index contributed by atoms with van der Waals surface area (Å²) in [5.41, 5.74) is 0.951. The van der Waals surface area contributed by atoms with Gasteiger partial charge in [-0.2, -0.15) is 11.8 Å². The number of nitrogens with one attached hydrogen (secondary N) is 1. The lowest BCUT2D eigenvalue weighted by Crippen LogP contribution is -2.37. The summed E-state index contributed by atoms with van der Waals surface area (Å²) in [6.45, 7) is 5.08. The Morgan fingerprint density at radius 2 is 2.11 bits per heavy atom. The number of rotatable bonds is 5. The zero-order valence-electron chi connectivity index (χ0n) is 10.3. The number of hydrogen-bond acceptors (Lipinski definition) is 3. The Bertz CT molecular complexity index is 383. The first-order valence-corrected chi connectivity index (χ1v) is 7.74. The van der Waals surface area contributed by atoms with Gasteiger partial charge in [0.25, 0.3) is 0 Å². The van der Waals surface area contributed by atoms with Crippen LogP contribution in [0.2, 0.25) is 5.02 Å². The molecule has 2 rings (SSSR count). The molecule has 0 radical (unpaired) electrons. The van der Waals surface area contributed by atoms with Crippen molar-refractivity contribution in [2.24, 2.45) is 0 Å². The average Bonchev–Trinajstić information content (AvgIpc) is 2.38. The summed E-state index contributed by atoms with van der Waals surface area (Å²) in [5, 5.41) is 3.85. The Kier molecular flexibility index (Phi) is 5.76. The minimum Gasteiger partial charge on any atom is -0.311 e. The van der Waals surface area contributed by atoms with Crippen LogP contribution in [-0.2, 0) is 6.54 Å². The van der Waals surface area contributed by atoms with E-state index in [0.717, 1.165) is 18.7 Å². The van der Waals surface area contributed by atoms with Crippen LogP contribution in [0.15, 0.2) is 18.2 Å². The van der Waals surface area contributed by atoms with E-state index in [4.69, 9.17) is 11.6 Å². The molecule has 100 valence electrons. The largest absolute Gasteiger partial charge is 0.311 e. The van der Waals surface area contributed by atoms with Gasteiger partial charge in [-0.1, -0.05) is 17.7 Å². The van der Waals surface area contributed by atoms with Crippen LogP contribution in [0.1, 0.15) is 5.56 Å². The van der Waals surface area contributed by atoms with Crippen molar-refractivity contribution in [2.45, 2.75) is 6.54 Å². The van der Waals surface area contributed by atoms with E-state index in [1.165, 1.54) is 36.7 Å². The van der Waals surface area contributed by atoms with Gasteiger partial charge in [0.15, 0.2) is 0 Å². The topological polar surface area (TPSA) is 15.3 Å². The monoisotopic (exact) mass is 288 g/mol. The van der Waals surface area contributed by atoms with Gasteiger partial charge < -0.3 is 10.2 Å². The predicted octanol–water partition coefficient (Wildman–Crippen LogP) is 2.62. The third-order valence-electron chi connectivity index (χ3n) is 3.04. The van der Waals surface area contributed by atoms with Crippen molar-refractivity contribution in [1.82, 2.24) is 10.2 Å². The quantitative estimate of drug-likeness (QED) is 0.839. The molecule has 0 aliphatic carbocycles. The van der Waals surface area contributed by atoms with Crippen LogP contribution in [0.3, 0.4) is 0 Å². The standard InChI is InChI=1S/C13H18ClFN2S/c14-13-9-12(15)2-1-11(13)10-16-3-4-17-5-7-18-8-6-17/h1-2,9,16H,3-8,10H2. The highest BCUT2D eigenvalue weighted by Crippen LogP contribution is 2.16. The number of hydrogen-bond donors (Lipinski definition) is 1. The minimum atomic E-state index is -0.283. The van der Waals surface area contributed by atoms with Gasteiger partial charge in [0.1, 0.15) is 5.82 Å². The van der Waals surface area contributed by atoms with E-state index < -0.39 is 0 Å². The Morgan fingerprint density at radius 1 is 1.33 bits per heavy atom. The molecule has 1 aromatic carbocycles. The van der Waals surface area contributed by atoms with Crippen LogP contribution in [0, 0.1) is 5.82 Å². The molecule has 0 aromatic heterocycles. The van der Waals surface area contributed by atoms with Gasteiger partial charge in [0.05, 0.1) is 0 Å². The normalized spacial score (nSPS) is 17.0. The first kappa shape index (κ1) is 14.1. The Morgan fingerprint density at radius 3 is 2.83 bits per heavy atom. The van der Waals surface area contributed by atoms with E-state index in [1.54, 1.807) is 6.07 Å². The predicted molar refractivity (Wildman–Crippen MR) is 76.9 cm³/mol. The summed E-state index contributed by atoms with van der Waals surface area (Å²) in [7, 11) is 0. The first-order chi connectivity index (χ1) is 8.75. The summed E-state index contributed by atoms with van der Waals surface area (Å²) in [5.74, 6) is 2.20. The fourth-order valence-electron chi connectivity index (χ4n) is 1.95. The van der Waals surface area contributed by atoms with Gasteiger partial charge in [0, 0.05) is 49.3 Å². The maximum Gasteiger partial charge on any atom is 0.124 e. The van der Waals surface area contributed by atoms with Crippen LogP contribution in [-0.4, -0.2) is 42.6 Å². The second kappa shape index (κ2) is 7.34. The highest BCUT2D eigenvalue weighted by Gasteiger charge is 2.09. The highest BCUT2D eigenvalue weighted by molar-refractivity contribution is 7.99. The molecule has 1 aromatic rings. The molecule has 0 unspecified atom stereocenters. The number of nitrogens with zero attached hydrogens (tertiary/aromatic N) is 1. The Hall–Kier alpha value is -0.290. The lowest BCUT2D eigenvalue weighted by Gasteiger charge is -2.26. The lowest BCUT2D eigenvalue weighted by atomic mass is 10.2. The van der Waals surface area contributed by atoms with Crippen LogP contribution < -0.4 is 5.32 Å². The smallest absolute Gasteiger partial charge is 0.124 e. The molecule has 1 heterocycles. The maximum absolute atomic E-state index is 12.9. The van der Waals surface area contributed by atoms with Gasteiger partial charge in [-0.15, -0.1) is 0 Å². The molecular weight excluding hydrogens is 271 g/mol. The Labute approximate surface area is 117 Å². The third-order valence-corrected chi connectivity index (χ3v) is 4.33. The van der Waals surface area contributed by atoms with Crippen molar-refractivity contribution in [3.05, 3.63) is 34.6 Å². The maximum atomic E-state index is 12.9. The molecule has 1 aliphatic rings. The van der Waals surface area contributed by atoms with Crippen LogP contribution in [0.4, 0.5) is 4.39 Å². The zero-order valence-corrected chi connectivity index (χ0v) is 11.9. The van der Waals surface area contributed by atoms with E-state index in [1.807, 2.05) is 11.8 Å². The molecular formula is C13H18ClFN2S. The fraction of sp³-hybridized carbons (Fsp3) is 0.538. The van der Waals surface area contributed by atoms with E-state index in [-0.39, 0.29) is 5.82 Å². The molecule has 2 nitrogen and oxygen atoms in total. The molecule has 1 aliphatic heterocycles. The zero-order chi connectivity index (χ0) is 12.8. The molecule has 0 spiro atoms. The molecule has 0 saturated carbocycles. The third kappa shape index (κ3) is 4.43. The molecule has 0 atom stereocenters. The molecule has 5 heteroatoms. The molecule has 1 fully saturated rings. The molecule has 0 bridgehead atoms. The van der Waals surface area contributed by atoms with E-state index >= 15 is 0 Å². The van der Waals surface area contributed by atoms with E-state index in [9.17, 15) is 4.39 Å². The Balaban J connectivity index is 1.68. The van der Waals surface area contributed by atoms with Crippen LogP contribution in [0.5, 0.6) is 0 Å². The number of thioether (sulfide) groups is 1. The molecule has 1 N–H and O–H groups in total. The summed E-state index contributed by atoms with van der Waals surface area (Å²) < 4.78 is 12.9. The van der Waals surface area contributed by atoms with Gasteiger partial charge in [0.2, 0.25) is 0 Å². The van der Waals surface area contributed by atoms with Crippen LogP contribution in [0.25, 0.3) is 0 Å². The average molecular weight is 289 g/mol. The van der Waals surface area contributed by atoms with Crippen molar-refractivity contribution >= 4 is 23.4 Å². The van der Waals surface area contributed by atoms with E-state index in [0.29, 0.717) is 11.6 Å². The second-order valence-corrected chi connectivity index (χ2v) is 6.00. The summed E-state index contributed by atoms with van der Waals surface area (Å²) in [4.78, 5) is 2.47. The van der Waals surface area contributed by atoms with Crippen molar-refractivity contribution < 1.29 is 4.39 Å². The minimum absolute atomic E-state index is 0.283. The summed E-state index contributed by atoms with van der Waals surface area (Å²) in [6, 6.07) is 4.55. The van der Waals surface area contributed by atoms with Gasteiger partial charge >= 0.3 is 0 Å². The highest BCUT2D eigenvalue weighted by atomic mass is 35.5. The second-order valence-electron chi connectivity index (χ2n) is 4.37. The first-order valence-electron chi connectivity index (χ1n) is 6.20. The van der Waals surface area contributed by atoms with Gasteiger partial charge in [-0.3, -0.25) is 0 Å².